The number of anilines is 1. The molecule has 0 saturated heterocycles. The zero-order valence-electron chi connectivity index (χ0n) is 10.8. The van der Waals surface area contributed by atoms with Crippen LogP contribution in [-0.4, -0.2) is 11.5 Å². The molecular weight excluding hydrogens is 262 g/mol. The average molecular weight is 276 g/mol. The van der Waals surface area contributed by atoms with Gasteiger partial charge in [0.1, 0.15) is 5.69 Å². The second-order valence-electron chi connectivity index (χ2n) is 4.75. The van der Waals surface area contributed by atoms with Crippen LogP contribution in [-0.2, 0) is 24.4 Å². The minimum absolute atomic E-state index is 0.121. The average Bonchev–Trinajstić information content (AvgIpc) is 2.89. The van der Waals surface area contributed by atoms with E-state index in [9.17, 15) is 8.78 Å². The molecule has 0 atom stereocenters. The molecule has 1 N–H and O–H groups in total. The Morgan fingerprint density at radius 3 is 2.65 bits per heavy atom. The third-order valence-corrected chi connectivity index (χ3v) is 3.35. The van der Waals surface area contributed by atoms with E-state index < -0.39 is 11.6 Å². The summed E-state index contributed by atoms with van der Waals surface area (Å²) in [6.45, 7) is 1.77. The van der Waals surface area contributed by atoms with Gasteiger partial charge in [0.05, 0.1) is 25.6 Å². The van der Waals surface area contributed by atoms with Crippen LogP contribution in [0.15, 0.2) is 30.6 Å². The van der Waals surface area contributed by atoms with E-state index in [0.29, 0.717) is 26.2 Å². The molecule has 0 spiro atoms. The molecule has 1 aliphatic heterocycles. The second kappa shape index (κ2) is 5.54. The standard InChI is InChI=1S/C15H14F2N2O/c16-13-6-18-7-14(17)15(13)19-4-3-10-1-2-11-8-20-9-12(11)5-10/h1-2,5-7H,3-4,8-9H2,(H,18,19). The van der Waals surface area contributed by atoms with Crippen molar-refractivity contribution in [3.63, 3.8) is 0 Å². The fraction of sp³-hybridized carbons (Fsp3) is 0.267. The molecule has 0 bridgehead atoms. The summed E-state index contributed by atoms with van der Waals surface area (Å²) in [6.07, 6.45) is 2.69. The monoisotopic (exact) mass is 276 g/mol. The number of fused-ring (bicyclic) bond motifs is 1. The van der Waals surface area contributed by atoms with Crippen LogP contribution in [0.4, 0.5) is 14.5 Å². The highest BCUT2D eigenvalue weighted by molar-refractivity contribution is 5.44. The zero-order valence-corrected chi connectivity index (χ0v) is 10.8. The SMILES string of the molecule is Fc1cncc(F)c1NCCc1ccc2c(c1)COC2. The molecule has 20 heavy (non-hydrogen) atoms. The number of aromatic nitrogens is 1. The molecular formula is C15H14F2N2O. The minimum atomic E-state index is -0.674. The van der Waals surface area contributed by atoms with Crippen LogP contribution in [0.5, 0.6) is 0 Å². The van der Waals surface area contributed by atoms with Crippen molar-refractivity contribution in [3.8, 4) is 0 Å². The quantitative estimate of drug-likeness (QED) is 0.932. The maximum atomic E-state index is 13.4. The lowest BCUT2D eigenvalue weighted by Gasteiger charge is -2.09. The summed E-state index contributed by atoms with van der Waals surface area (Å²) in [6, 6.07) is 6.16. The molecule has 1 aromatic carbocycles. The van der Waals surface area contributed by atoms with Crippen molar-refractivity contribution in [2.75, 3.05) is 11.9 Å². The Labute approximate surface area is 115 Å². The van der Waals surface area contributed by atoms with Gasteiger partial charge in [-0.05, 0) is 23.1 Å². The highest BCUT2D eigenvalue weighted by atomic mass is 19.1. The summed E-state index contributed by atoms with van der Waals surface area (Å²) in [7, 11) is 0. The Hall–Kier alpha value is -2.01. The van der Waals surface area contributed by atoms with Gasteiger partial charge >= 0.3 is 0 Å². The minimum Gasteiger partial charge on any atom is -0.380 e. The first-order valence-corrected chi connectivity index (χ1v) is 6.45. The summed E-state index contributed by atoms with van der Waals surface area (Å²) < 4.78 is 32.1. The predicted molar refractivity (Wildman–Crippen MR) is 71.3 cm³/mol. The number of halogens is 2. The first kappa shape index (κ1) is 13.0. The molecule has 2 aromatic rings. The number of benzene rings is 1. The Kier molecular flexibility index (Phi) is 3.60. The molecule has 0 fully saturated rings. The van der Waals surface area contributed by atoms with Crippen LogP contribution < -0.4 is 5.32 Å². The molecule has 3 nitrogen and oxygen atoms in total. The van der Waals surface area contributed by atoms with Gasteiger partial charge in [0.25, 0.3) is 0 Å². The van der Waals surface area contributed by atoms with Crippen LogP contribution in [0.3, 0.4) is 0 Å². The Morgan fingerprint density at radius 1 is 1.10 bits per heavy atom. The Balaban J connectivity index is 1.63. The molecule has 3 rings (SSSR count). The lowest BCUT2D eigenvalue weighted by Crippen LogP contribution is -2.08. The van der Waals surface area contributed by atoms with E-state index in [-0.39, 0.29) is 5.69 Å². The molecule has 5 heteroatoms. The van der Waals surface area contributed by atoms with Crippen molar-refractivity contribution < 1.29 is 13.5 Å². The van der Waals surface area contributed by atoms with Gasteiger partial charge in [-0.1, -0.05) is 18.2 Å². The maximum Gasteiger partial charge on any atom is 0.167 e. The summed E-state index contributed by atoms with van der Waals surface area (Å²) in [5.41, 5.74) is 3.41. The van der Waals surface area contributed by atoms with Gasteiger partial charge in [0.2, 0.25) is 0 Å². The number of rotatable bonds is 4. The number of nitrogens with one attached hydrogen (secondary N) is 1. The van der Waals surface area contributed by atoms with E-state index >= 15 is 0 Å². The van der Waals surface area contributed by atoms with Crippen molar-refractivity contribution in [3.05, 3.63) is 58.9 Å². The van der Waals surface area contributed by atoms with Crippen molar-refractivity contribution >= 4 is 5.69 Å². The van der Waals surface area contributed by atoms with Crippen LogP contribution in [0.1, 0.15) is 16.7 Å². The summed E-state index contributed by atoms with van der Waals surface area (Å²) >= 11 is 0. The number of hydrogen-bond donors (Lipinski definition) is 1. The Morgan fingerprint density at radius 2 is 1.85 bits per heavy atom. The first-order chi connectivity index (χ1) is 9.74. The number of hydrogen-bond acceptors (Lipinski definition) is 3. The smallest absolute Gasteiger partial charge is 0.167 e. The van der Waals surface area contributed by atoms with E-state index in [0.717, 1.165) is 18.0 Å². The lowest BCUT2D eigenvalue weighted by atomic mass is 10.0. The van der Waals surface area contributed by atoms with Crippen LogP contribution in [0, 0.1) is 11.6 Å². The normalized spacial score (nSPS) is 13.3. The number of nitrogens with zero attached hydrogens (tertiary/aromatic N) is 1. The van der Waals surface area contributed by atoms with Crippen LogP contribution >= 0.6 is 0 Å². The third kappa shape index (κ3) is 2.63. The number of ether oxygens (including phenoxy) is 1. The highest BCUT2D eigenvalue weighted by Crippen LogP contribution is 2.21. The van der Waals surface area contributed by atoms with Crippen LogP contribution in [0.2, 0.25) is 0 Å². The van der Waals surface area contributed by atoms with Gasteiger partial charge in [0, 0.05) is 6.54 Å². The van der Waals surface area contributed by atoms with E-state index in [1.807, 2.05) is 12.1 Å². The van der Waals surface area contributed by atoms with Gasteiger partial charge in [-0.15, -0.1) is 0 Å². The van der Waals surface area contributed by atoms with Crippen LogP contribution in [0.25, 0.3) is 0 Å². The van der Waals surface area contributed by atoms with E-state index in [1.165, 1.54) is 11.1 Å². The van der Waals surface area contributed by atoms with Crippen molar-refractivity contribution in [2.45, 2.75) is 19.6 Å². The fourth-order valence-corrected chi connectivity index (χ4v) is 2.29. The van der Waals surface area contributed by atoms with Gasteiger partial charge in [0.15, 0.2) is 11.6 Å². The second-order valence-corrected chi connectivity index (χ2v) is 4.75. The van der Waals surface area contributed by atoms with E-state index in [2.05, 4.69) is 16.4 Å². The molecule has 0 radical (unpaired) electrons. The molecule has 0 amide bonds. The topological polar surface area (TPSA) is 34.2 Å². The fourth-order valence-electron chi connectivity index (χ4n) is 2.29. The molecule has 0 saturated carbocycles. The first-order valence-electron chi connectivity index (χ1n) is 6.45. The van der Waals surface area contributed by atoms with Crippen molar-refractivity contribution in [2.24, 2.45) is 0 Å². The largest absolute Gasteiger partial charge is 0.380 e. The highest BCUT2D eigenvalue weighted by Gasteiger charge is 2.11. The summed E-state index contributed by atoms with van der Waals surface area (Å²) in [5, 5.41) is 2.78. The summed E-state index contributed by atoms with van der Waals surface area (Å²) in [4.78, 5) is 3.45. The van der Waals surface area contributed by atoms with Gasteiger partial charge in [-0.25, -0.2) is 8.78 Å². The number of pyridine rings is 1. The summed E-state index contributed by atoms with van der Waals surface area (Å²) in [5.74, 6) is -1.35. The molecule has 0 aliphatic carbocycles. The van der Waals surface area contributed by atoms with E-state index in [1.54, 1.807) is 0 Å². The third-order valence-electron chi connectivity index (χ3n) is 3.35. The van der Waals surface area contributed by atoms with Crippen molar-refractivity contribution in [1.82, 2.24) is 4.98 Å². The zero-order chi connectivity index (χ0) is 13.9. The van der Waals surface area contributed by atoms with Gasteiger partial charge in [-0.3, -0.25) is 4.98 Å². The predicted octanol–water partition coefficient (Wildman–Crippen LogP) is 3.04. The molecule has 0 unspecified atom stereocenters. The van der Waals surface area contributed by atoms with Crippen molar-refractivity contribution in [1.29, 1.82) is 0 Å². The van der Waals surface area contributed by atoms with Gasteiger partial charge in [-0.2, -0.15) is 0 Å². The maximum absolute atomic E-state index is 13.4. The lowest BCUT2D eigenvalue weighted by molar-refractivity contribution is 0.134. The molecule has 2 heterocycles. The molecule has 1 aromatic heterocycles. The Bertz CT molecular complexity index is 611. The van der Waals surface area contributed by atoms with Gasteiger partial charge < -0.3 is 10.1 Å². The molecule has 1 aliphatic rings. The molecule has 104 valence electrons. The van der Waals surface area contributed by atoms with E-state index in [4.69, 9.17) is 4.74 Å².